The van der Waals surface area contributed by atoms with Crippen molar-refractivity contribution < 1.29 is 4.79 Å². The number of anilines is 1. The monoisotopic (exact) mass is 307 g/mol. The van der Waals surface area contributed by atoms with Gasteiger partial charge in [0.2, 0.25) is 0 Å². The Kier molecular flexibility index (Phi) is 4.66. The van der Waals surface area contributed by atoms with E-state index in [1.54, 1.807) is 12.1 Å². The minimum atomic E-state index is 0.0130. The molecule has 0 bridgehead atoms. The van der Waals surface area contributed by atoms with Gasteiger partial charge in [0.15, 0.2) is 0 Å². The first-order chi connectivity index (χ1) is 10.2. The van der Waals surface area contributed by atoms with Crippen LogP contribution in [0, 0.1) is 0 Å². The molecule has 0 radical (unpaired) electrons. The average molecular weight is 308 g/mol. The highest BCUT2D eigenvalue weighted by Gasteiger charge is 2.30. The normalized spacial score (nSPS) is 22.7. The van der Waals surface area contributed by atoms with E-state index in [-0.39, 0.29) is 6.03 Å². The summed E-state index contributed by atoms with van der Waals surface area (Å²) in [5.74, 6) is 0. The average Bonchev–Trinajstić information content (AvgIpc) is 3.13. The molecule has 4 nitrogen and oxygen atoms in total. The molecule has 1 aromatic carbocycles. The summed E-state index contributed by atoms with van der Waals surface area (Å²) >= 11 is 5.86. The fraction of sp³-hybridized carbons (Fsp3) is 0.562. The van der Waals surface area contributed by atoms with Gasteiger partial charge < -0.3 is 15.1 Å². The molecule has 1 aromatic rings. The predicted octanol–water partition coefficient (Wildman–Crippen LogP) is 3.43. The Labute approximate surface area is 131 Å². The molecule has 114 valence electrons. The molecule has 1 unspecified atom stereocenters. The van der Waals surface area contributed by atoms with Crippen LogP contribution in [-0.4, -0.2) is 48.1 Å². The number of nitrogens with one attached hydrogen (secondary N) is 1. The van der Waals surface area contributed by atoms with Crippen molar-refractivity contribution in [3.8, 4) is 0 Å². The molecule has 0 spiro atoms. The lowest BCUT2D eigenvalue weighted by molar-refractivity contribution is 0.186. The number of halogens is 1. The lowest BCUT2D eigenvalue weighted by Crippen LogP contribution is -2.44. The number of hydrogen-bond donors (Lipinski definition) is 1. The van der Waals surface area contributed by atoms with E-state index < -0.39 is 0 Å². The number of urea groups is 1. The van der Waals surface area contributed by atoms with E-state index in [0.717, 1.165) is 31.6 Å². The molecule has 2 aliphatic rings. The highest BCUT2D eigenvalue weighted by Crippen LogP contribution is 2.22. The summed E-state index contributed by atoms with van der Waals surface area (Å²) in [5.41, 5.74) is 0.802. The van der Waals surface area contributed by atoms with Gasteiger partial charge in [-0.1, -0.05) is 11.6 Å². The Morgan fingerprint density at radius 2 is 1.86 bits per heavy atom. The van der Waals surface area contributed by atoms with Gasteiger partial charge in [-0.3, -0.25) is 0 Å². The van der Waals surface area contributed by atoms with Gasteiger partial charge in [0, 0.05) is 29.8 Å². The first-order valence-electron chi connectivity index (χ1n) is 7.78. The number of hydrogen-bond acceptors (Lipinski definition) is 2. The van der Waals surface area contributed by atoms with E-state index in [4.69, 9.17) is 11.6 Å². The predicted molar refractivity (Wildman–Crippen MR) is 85.9 cm³/mol. The van der Waals surface area contributed by atoms with Crippen LogP contribution >= 0.6 is 11.6 Å². The summed E-state index contributed by atoms with van der Waals surface area (Å²) in [4.78, 5) is 16.9. The molecule has 2 fully saturated rings. The van der Waals surface area contributed by atoms with Gasteiger partial charge in [0.05, 0.1) is 0 Å². The SMILES string of the molecule is O=C(Nc1ccc(Cl)cc1)N1CCCC1CN1CCCC1. The maximum atomic E-state index is 12.4. The number of rotatable bonds is 3. The topological polar surface area (TPSA) is 35.6 Å². The number of benzene rings is 1. The molecular formula is C16H22ClN3O. The third kappa shape index (κ3) is 3.69. The van der Waals surface area contributed by atoms with Gasteiger partial charge in [-0.25, -0.2) is 4.79 Å². The van der Waals surface area contributed by atoms with Crippen LogP contribution in [0.15, 0.2) is 24.3 Å². The Morgan fingerprint density at radius 1 is 1.14 bits per heavy atom. The Morgan fingerprint density at radius 3 is 2.57 bits per heavy atom. The lowest BCUT2D eigenvalue weighted by atomic mass is 10.2. The summed E-state index contributed by atoms with van der Waals surface area (Å²) in [6.45, 7) is 4.25. The lowest BCUT2D eigenvalue weighted by Gasteiger charge is -2.28. The van der Waals surface area contributed by atoms with Crippen LogP contribution in [0.5, 0.6) is 0 Å². The summed E-state index contributed by atoms with van der Waals surface area (Å²) < 4.78 is 0. The molecule has 1 N–H and O–H groups in total. The van der Waals surface area contributed by atoms with E-state index in [2.05, 4.69) is 10.2 Å². The molecule has 2 aliphatic heterocycles. The number of amides is 2. The van der Waals surface area contributed by atoms with Crippen molar-refractivity contribution in [1.29, 1.82) is 0 Å². The molecule has 2 heterocycles. The largest absolute Gasteiger partial charge is 0.322 e. The molecule has 5 heteroatoms. The van der Waals surface area contributed by atoms with Gasteiger partial charge in [-0.2, -0.15) is 0 Å². The van der Waals surface area contributed by atoms with Crippen molar-refractivity contribution in [3.63, 3.8) is 0 Å². The van der Waals surface area contributed by atoms with Crippen molar-refractivity contribution in [2.24, 2.45) is 0 Å². The standard InChI is InChI=1S/C16H22ClN3O/c17-13-5-7-14(8-6-13)18-16(21)20-11-3-4-15(20)12-19-9-1-2-10-19/h5-8,15H,1-4,9-12H2,(H,18,21). The molecule has 0 aliphatic carbocycles. The molecule has 0 saturated carbocycles. The van der Waals surface area contributed by atoms with Crippen molar-refractivity contribution in [1.82, 2.24) is 9.80 Å². The van der Waals surface area contributed by atoms with E-state index in [0.29, 0.717) is 11.1 Å². The van der Waals surface area contributed by atoms with Gasteiger partial charge in [-0.15, -0.1) is 0 Å². The molecule has 21 heavy (non-hydrogen) atoms. The van der Waals surface area contributed by atoms with Gasteiger partial charge in [0.25, 0.3) is 0 Å². The van der Waals surface area contributed by atoms with E-state index in [1.807, 2.05) is 17.0 Å². The maximum absolute atomic E-state index is 12.4. The van der Waals surface area contributed by atoms with Crippen molar-refractivity contribution in [3.05, 3.63) is 29.3 Å². The molecular weight excluding hydrogens is 286 g/mol. The second kappa shape index (κ2) is 6.67. The van der Waals surface area contributed by atoms with E-state index in [1.165, 1.54) is 25.9 Å². The fourth-order valence-electron chi connectivity index (χ4n) is 3.28. The summed E-state index contributed by atoms with van der Waals surface area (Å²) in [6, 6.07) is 7.64. The zero-order valence-corrected chi connectivity index (χ0v) is 13.0. The number of nitrogens with zero attached hydrogens (tertiary/aromatic N) is 2. The fourth-order valence-corrected chi connectivity index (χ4v) is 3.41. The van der Waals surface area contributed by atoms with Crippen molar-refractivity contribution >= 4 is 23.3 Å². The Hall–Kier alpha value is -1.26. The number of carbonyl (C=O) groups excluding carboxylic acids is 1. The Balaban J connectivity index is 1.58. The van der Waals surface area contributed by atoms with Crippen LogP contribution in [-0.2, 0) is 0 Å². The zero-order chi connectivity index (χ0) is 14.7. The van der Waals surface area contributed by atoms with E-state index in [9.17, 15) is 4.79 Å². The van der Waals surface area contributed by atoms with Crippen LogP contribution < -0.4 is 5.32 Å². The Bertz CT molecular complexity index is 485. The van der Waals surface area contributed by atoms with Crippen molar-refractivity contribution in [2.75, 3.05) is 31.5 Å². The minimum Gasteiger partial charge on any atom is -0.320 e. The molecule has 2 amide bonds. The number of likely N-dealkylation sites (tertiary alicyclic amines) is 2. The van der Waals surface area contributed by atoms with Gasteiger partial charge >= 0.3 is 6.03 Å². The second-order valence-electron chi connectivity index (χ2n) is 5.93. The highest BCUT2D eigenvalue weighted by molar-refractivity contribution is 6.30. The molecule has 0 aromatic heterocycles. The summed E-state index contributed by atoms with van der Waals surface area (Å²) in [5, 5.41) is 3.66. The van der Waals surface area contributed by atoms with Crippen LogP contribution in [0.3, 0.4) is 0 Å². The molecule has 3 rings (SSSR count). The third-order valence-electron chi connectivity index (χ3n) is 4.40. The highest BCUT2D eigenvalue weighted by atomic mass is 35.5. The summed E-state index contributed by atoms with van der Waals surface area (Å²) in [6.07, 6.45) is 4.81. The third-order valence-corrected chi connectivity index (χ3v) is 4.65. The van der Waals surface area contributed by atoms with Gasteiger partial charge in [0.1, 0.15) is 0 Å². The first-order valence-corrected chi connectivity index (χ1v) is 8.16. The van der Waals surface area contributed by atoms with Gasteiger partial charge in [-0.05, 0) is 63.0 Å². The summed E-state index contributed by atoms with van der Waals surface area (Å²) in [7, 11) is 0. The van der Waals surface area contributed by atoms with Crippen LogP contribution in [0.1, 0.15) is 25.7 Å². The van der Waals surface area contributed by atoms with Crippen LogP contribution in [0.2, 0.25) is 5.02 Å². The van der Waals surface area contributed by atoms with Crippen molar-refractivity contribution in [2.45, 2.75) is 31.7 Å². The smallest absolute Gasteiger partial charge is 0.320 e. The van der Waals surface area contributed by atoms with E-state index >= 15 is 0 Å². The maximum Gasteiger partial charge on any atom is 0.322 e. The molecule has 2 saturated heterocycles. The first kappa shape index (κ1) is 14.7. The zero-order valence-electron chi connectivity index (χ0n) is 12.2. The minimum absolute atomic E-state index is 0.0130. The quantitative estimate of drug-likeness (QED) is 0.928. The number of carbonyl (C=O) groups is 1. The van der Waals surface area contributed by atoms with Crippen LogP contribution in [0.4, 0.5) is 10.5 Å². The molecule has 1 atom stereocenters. The second-order valence-corrected chi connectivity index (χ2v) is 6.37. The van der Waals surface area contributed by atoms with Crippen LogP contribution in [0.25, 0.3) is 0 Å².